The van der Waals surface area contributed by atoms with E-state index in [4.69, 9.17) is 21.1 Å². The van der Waals surface area contributed by atoms with Crippen LogP contribution >= 0.6 is 11.6 Å². The van der Waals surface area contributed by atoms with Crippen LogP contribution in [0, 0.1) is 5.82 Å². The van der Waals surface area contributed by atoms with Gasteiger partial charge in [-0.25, -0.2) is 14.2 Å². The van der Waals surface area contributed by atoms with Crippen molar-refractivity contribution in [3.63, 3.8) is 0 Å². The maximum absolute atomic E-state index is 14.0. The summed E-state index contributed by atoms with van der Waals surface area (Å²) in [6, 6.07) is 5.88. The number of carbonyl (C=O) groups excluding carboxylic acids is 1. The fraction of sp³-hybridized carbons (Fsp3) is 0.368. The van der Waals surface area contributed by atoms with Crippen molar-refractivity contribution in [1.29, 1.82) is 0 Å². The smallest absolute Gasteiger partial charge is 0.340 e. The van der Waals surface area contributed by atoms with E-state index >= 15 is 0 Å². The predicted octanol–water partition coefficient (Wildman–Crippen LogP) is 4.56. The SMILES string of the molecule is COC(=O)c1cc(Cl)c(COc2ccc(OC3CCCC3)cn2)cc1F. The van der Waals surface area contributed by atoms with E-state index in [1.165, 1.54) is 26.0 Å². The zero-order chi connectivity index (χ0) is 18.5. The number of benzene rings is 1. The number of aromatic nitrogens is 1. The first-order valence-corrected chi connectivity index (χ1v) is 8.76. The van der Waals surface area contributed by atoms with Crippen molar-refractivity contribution in [2.75, 3.05) is 7.11 Å². The third-order valence-electron chi connectivity index (χ3n) is 4.23. The number of nitrogens with zero attached hydrogens (tertiary/aromatic N) is 1. The summed E-state index contributed by atoms with van der Waals surface area (Å²) in [5.74, 6) is -0.419. The van der Waals surface area contributed by atoms with Crippen molar-refractivity contribution >= 4 is 17.6 Å². The minimum absolute atomic E-state index is 0.0209. The zero-order valence-corrected chi connectivity index (χ0v) is 15.1. The lowest BCUT2D eigenvalue weighted by Crippen LogP contribution is -2.11. The minimum Gasteiger partial charge on any atom is -0.489 e. The number of pyridine rings is 1. The van der Waals surface area contributed by atoms with Crippen LogP contribution < -0.4 is 9.47 Å². The van der Waals surface area contributed by atoms with Gasteiger partial charge < -0.3 is 14.2 Å². The van der Waals surface area contributed by atoms with Gasteiger partial charge in [0.1, 0.15) is 18.2 Å². The Morgan fingerprint density at radius 3 is 2.73 bits per heavy atom. The summed E-state index contributed by atoms with van der Waals surface area (Å²) in [4.78, 5) is 15.6. The van der Waals surface area contributed by atoms with Crippen molar-refractivity contribution in [1.82, 2.24) is 4.98 Å². The molecule has 0 saturated heterocycles. The van der Waals surface area contributed by atoms with Crippen LogP contribution in [0.25, 0.3) is 0 Å². The van der Waals surface area contributed by atoms with E-state index in [2.05, 4.69) is 9.72 Å². The van der Waals surface area contributed by atoms with Crippen LogP contribution in [0.5, 0.6) is 11.6 Å². The normalized spacial score (nSPS) is 14.3. The average molecular weight is 380 g/mol. The summed E-state index contributed by atoms with van der Waals surface area (Å²) in [5.41, 5.74) is 0.192. The van der Waals surface area contributed by atoms with Gasteiger partial charge >= 0.3 is 5.97 Å². The van der Waals surface area contributed by atoms with Gasteiger partial charge in [-0.05, 0) is 43.9 Å². The summed E-state index contributed by atoms with van der Waals surface area (Å²) in [6.45, 7) is 0.0209. The highest BCUT2D eigenvalue weighted by Gasteiger charge is 2.17. The molecule has 1 saturated carbocycles. The first-order chi connectivity index (χ1) is 12.6. The van der Waals surface area contributed by atoms with Gasteiger partial charge in [0.2, 0.25) is 5.88 Å². The molecule has 26 heavy (non-hydrogen) atoms. The number of carbonyl (C=O) groups is 1. The summed E-state index contributed by atoms with van der Waals surface area (Å²) >= 11 is 6.09. The van der Waals surface area contributed by atoms with Gasteiger partial charge in [-0.2, -0.15) is 0 Å². The van der Waals surface area contributed by atoms with Gasteiger partial charge in [0, 0.05) is 16.7 Å². The Hall–Kier alpha value is -2.34. The Bertz CT molecular complexity index is 776. The quantitative estimate of drug-likeness (QED) is 0.688. The van der Waals surface area contributed by atoms with Gasteiger partial charge in [0.15, 0.2) is 0 Å². The highest BCUT2D eigenvalue weighted by molar-refractivity contribution is 6.31. The van der Waals surface area contributed by atoms with Crippen LogP contribution in [0.4, 0.5) is 4.39 Å². The second-order valence-electron chi connectivity index (χ2n) is 6.06. The molecule has 1 aromatic heterocycles. The van der Waals surface area contributed by atoms with E-state index in [0.29, 0.717) is 17.2 Å². The van der Waals surface area contributed by atoms with E-state index in [9.17, 15) is 9.18 Å². The Morgan fingerprint density at radius 2 is 2.08 bits per heavy atom. The minimum atomic E-state index is -0.781. The van der Waals surface area contributed by atoms with Gasteiger partial charge in [0.25, 0.3) is 0 Å². The van der Waals surface area contributed by atoms with Gasteiger partial charge in [-0.3, -0.25) is 0 Å². The molecule has 5 nitrogen and oxygen atoms in total. The zero-order valence-electron chi connectivity index (χ0n) is 14.3. The number of hydrogen-bond acceptors (Lipinski definition) is 5. The number of halogens is 2. The molecule has 0 aliphatic heterocycles. The van der Waals surface area contributed by atoms with Crippen LogP contribution in [-0.2, 0) is 11.3 Å². The molecule has 1 aromatic carbocycles. The number of hydrogen-bond donors (Lipinski definition) is 0. The second kappa shape index (κ2) is 8.36. The first kappa shape index (κ1) is 18.5. The second-order valence-corrected chi connectivity index (χ2v) is 6.47. The fourth-order valence-corrected chi connectivity index (χ4v) is 3.06. The standard InChI is InChI=1S/C19H19ClFNO4/c1-24-19(23)15-9-16(20)12(8-17(15)21)11-25-18-7-6-14(10-22-18)26-13-4-2-3-5-13/h6-10,13H,2-5,11H2,1H3. The number of rotatable bonds is 6. The molecule has 0 atom stereocenters. The Balaban J connectivity index is 1.61. The lowest BCUT2D eigenvalue weighted by Gasteiger charge is -2.13. The molecule has 2 aromatic rings. The summed E-state index contributed by atoms with van der Waals surface area (Å²) < 4.78 is 29.9. The van der Waals surface area contributed by atoms with Crippen LogP contribution in [0.3, 0.4) is 0 Å². The molecule has 0 N–H and O–H groups in total. The third-order valence-corrected chi connectivity index (χ3v) is 4.58. The van der Waals surface area contributed by atoms with Crippen molar-refractivity contribution in [2.24, 2.45) is 0 Å². The molecule has 0 spiro atoms. The molecule has 138 valence electrons. The summed E-state index contributed by atoms with van der Waals surface area (Å²) in [5, 5.41) is 0.216. The van der Waals surface area contributed by atoms with Gasteiger partial charge in [-0.15, -0.1) is 0 Å². The van der Waals surface area contributed by atoms with Crippen LogP contribution in [0.1, 0.15) is 41.6 Å². The molecular formula is C19H19ClFNO4. The number of esters is 1. The Morgan fingerprint density at radius 1 is 1.31 bits per heavy atom. The Labute approximate surface area is 156 Å². The lowest BCUT2D eigenvalue weighted by molar-refractivity contribution is 0.0595. The van der Waals surface area contributed by atoms with Crippen LogP contribution in [0.15, 0.2) is 30.5 Å². The van der Waals surface area contributed by atoms with E-state index in [1.807, 2.05) is 0 Å². The maximum Gasteiger partial charge on any atom is 0.340 e. The molecule has 3 rings (SSSR count). The van der Waals surface area contributed by atoms with E-state index < -0.39 is 11.8 Å². The topological polar surface area (TPSA) is 57.7 Å². The molecule has 7 heteroatoms. The van der Waals surface area contributed by atoms with Gasteiger partial charge in [-0.1, -0.05) is 11.6 Å². The third kappa shape index (κ3) is 4.43. The number of ether oxygens (including phenoxy) is 3. The number of methoxy groups -OCH3 is 1. The molecule has 0 bridgehead atoms. The van der Waals surface area contributed by atoms with Crippen LogP contribution in [-0.4, -0.2) is 24.2 Å². The van der Waals surface area contributed by atoms with E-state index in [-0.39, 0.29) is 23.3 Å². The van der Waals surface area contributed by atoms with Crippen molar-refractivity contribution in [3.8, 4) is 11.6 Å². The summed E-state index contributed by atoms with van der Waals surface area (Å²) in [7, 11) is 1.18. The van der Waals surface area contributed by atoms with Crippen molar-refractivity contribution in [3.05, 3.63) is 52.4 Å². The Kier molecular flexibility index (Phi) is 5.93. The molecule has 0 amide bonds. The summed E-state index contributed by atoms with van der Waals surface area (Å²) in [6.07, 6.45) is 6.42. The maximum atomic E-state index is 14.0. The molecular weight excluding hydrogens is 361 g/mol. The predicted molar refractivity (Wildman–Crippen MR) is 94.2 cm³/mol. The average Bonchev–Trinajstić information content (AvgIpc) is 3.15. The van der Waals surface area contributed by atoms with E-state index in [0.717, 1.165) is 18.9 Å². The van der Waals surface area contributed by atoms with Crippen molar-refractivity contribution < 1.29 is 23.4 Å². The molecule has 1 aliphatic rings. The molecule has 0 unspecified atom stereocenters. The lowest BCUT2D eigenvalue weighted by atomic mass is 10.1. The molecule has 1 fully saturated rings. The van der Waals surface area contributed by atoms with Gasteiger partial charge in [0.05, 0.1) is 25.0 Å². The largest absolute Gasteiger partial charge is 0.489 e. The van der Waals surface area contributed by atoms with E-state index in [1.54, 1.807) is 18.3 Å². The highest BCUT2D eigenvalue weighted by atomic mass is 35.5. The first-order valence-electron chi connectivity index (χ1n) is 8.38. The molecule has 1 heterocycles. The van der Waals surface area contributed by atoms with Crippen LogP contribution in [0.2, 0.25) is 5.02 Å². The molecule has 1 aliphatic carbocycles. The highest BCUT2D eigenvalue weighted by Crippen LogP contribution is 2.26. The monoisotopic (exact) mass is 379 g/mol. The molecule has 0 radical (unpaired) electrons. The van der Waals surface area contributed by atoms with Crippen molar-refractivity contribution in [2.45, 2.75) is 38.4 Å². The fourth-order valence-electron chi connectivity index (χ4n) is 2.84.